The minimum atomic E-state index is -0.228. The number of hydrogen-bond acceptors (Lipinski definition) is 13. The molecule has 0 unspecified atom stereocenters. The fraction of sp³-hybridized carbons (Fsp3) is 0.283. The number of nitrogens with zero attached hydrogens (tertiary/aromatic N) is 5. The summed E-state index contributed by atoms with van der Waals surface area (Å²) in [6.07, 6.45) is 3.35. The number of fused-ring (bicyclic) bond motifs is 2. The molecule has 1 fully saturated rings. The highest BCUT2D eigenvalue weighted by Gasteiger charge is 2.29. The van der Waals surface area contributed by atoms with Crippen molar-refractivity contribution in [1.29, 1.82) is 0 Å². The number of likely N-dealkylation sites (tertiary alicyclic amines) is 1. The Morgan fingerprint density at radius 1 is 0.839 bits per heavy atom. The van der Waals surface area contributed by atoms with Gasteiger partial charge in [-0.1, -0.05) is 46.3 Å². The molecule has 62 heavy (non-hydrogen) atoms. The number of para-hydroxylation sites is 1. The third-order valence-corrected chi connectivity index (χ3v) is 11.1. The van der Waals surface area contributed by atoms with Crippen LogP contribution in [0.5, 0.6) is 17.2 Å². The van der Waals surface area contributed by atoms with E-state index in [1.807, 2.05) is 83.5 Å². The molecule has 1 amide bonds. The minimum Gasteiger partial charge on any atom is -0.457 e. The van der Waals surface area contributed by atoms with Gasteiger partial charge in [-0.2, -0.15) is 5.10 Å². The lowest BCUT2D eigenvalue weighted by Gasteiger charge is -2.32. The van der Waals surface area contributed by atoms with Crippen LogP contribution in [0.1, 0.15) is 30.0 Å². The number of nitrogens with two attached hydrogens (primary N) is 1. The number of rotatable bonds is 20. The third kappa shape index (κ3) is 10.3. The lowest BCUT2D eigenvalue weighted by atomic mass is 10.00. The second-order valence-electron chi connectivity index (χ2n) is 14.7. The molecule has 0 atom stereocenters. The molecule has 8 rings (SSSR count). The molecule has 4 N–H and O–H groups in total. The van der Waals surface area contributed by atoms with Crippen molar-refractivity contribution in [2.45, 2.75) is 18.9 Å². The standard InChI is InChI=1S/C46H47BrN8O7/c47-33-11-14-39-38(28-33)40(46(57)52-39)42(32-5-4-8-37(27-32)61-30-56)49-17-21-58-23-25-60-26-24-59-22-20-54-18-15-34(16-19-54)55-45-41(44(48)50-29-51-45)43(53-55)31-9-12-36(13-10-31)62-35-6-2-1-3-7-35/h1-14,27-30,34,49H,15-26H2,(H,52,57)(H2,48,50,51)/b42-40-. The monoisotopic (exact) mass is 902 g/mol. The summed E-state index contributed by atoms with van der Waals surface area (Å²) in [5, 5.41) is 12.1. The summed E-state index contributed by atoms with van der Waals surface area (Å²) in [5.74, 6) is 2.06. The van der Waals surface area contributed by atoms with Crippen LogP contribution in [0.4, 0.5) is 11.5 Å². The molecular formula is C46H47BrN8O7. The molecule has 1 saturated heterocycles. The maximum absolute atomic E-state index is 13.2. The van der Waals surface area contributed by atoms with Crippen LogP contribution in [0.2, 0.25) is 0 Å². The van der Waals surface area contributed by atoms with Gasteiger partial charge in [-0.05, 0) is 79.6 Å². The van der Waals surface area contributed by atoms with Crippen LogP contribution in [0.25, 0.3) is 33.6 Å². The molecule has 0 radical (unpaired) electrons. The van der Waals surface area contributed by atoms with E-state index in [9.17, 15) is 9.59 Å². The molecule has 4 aromatic carbocycles. The SMILES string of the molecule is Nc1ncnc2c1c(-c1ccc(Oc3ccccc3)cc1)nn2C1CCN(CCOCCOCCOCCN/C(=C2\C(=O)Nc3ccc(Br)cc32)c2cccc(OC=O)c2)CC1. The Labute approximate surface area is 367 Å². The lowest BCUT2D eigenvalue weighted by molar-refractivity contribution is -0.120. The average molecular weight is 904 g/mol. The predicted molar refractivity (Wildman–Crippen MR) is 240 cm³/mol. The molecule has 15 nitrogen and oxygen atoms in total. The Morgan fingerprint density at radius 3 is 2.34 bits per heavy atom. The van der Waals surface area contributed by atoms with Crippen molar-refractivity contribution in [3.8, 4) is 28.5 Å². The molecule has 0 bridgehead atoms. The Kier molecular flexibility index (Phi) is 14.1. The van der Waals surface area contributed by atoms with E-state index in [0.29, 0.717) is 81.1 Å². The number of anilines is 2. The van der Waals surface area contributed by atoms with Gasteiger partial charge in [0.25, 0.3) is 12.4 Å². The molecule has 16 heteroatoms. The number of amides is 1. The first-order chi connectivity index (χ1) is 30.4. The largest absolute Gasteiger partial charge is 0.457 e. The van der Waals surface area contributed by atoms with Crippen LogP contribution in [0, 0.1) is 0 Å². The number of carbonyl (C=O) groups excluding carboxylic acids is 2. The van der Waals surface area contributed by atoms with Gasteiger partial charge in [0.1, 0.15) is 35.1 Å². The molecule has 0 aliphatic carbocycles. The topological polar surface area (TPSA) is 177 Å². The van der Waals surface area contributed by atoms with Gasteiger partial charge in [0.15, 0.2) is 5.65 Å². The van der Waals surface area contributed by atoms with Crippen LogP contribution in [-0.4, -0.2) is 103 Å². The summed E-state index contributed by atoms with van der Waals surface area (Å²) in [6, 6.07) is 30.3. The Hall–Kier alpha value is -6.17. The van der Waals surface area contributed by atoms with Crippen molar-refractivity contribution < 1.29 is 33.3 Å². The number of piperidine rings is 1. The zero-order valence-corrected chi connectivity index (χ0v) is 35.6. The van der Waals surface area contributed by atoms with E-state index in [-0.39, 0.29) is 11.9 Å². The van der Waals surface area contributed by atoms with E-state index in [0.717, 1.165) is 82.0 Å². The van der Waals surface area contributed by atoms with Gasteiger partial charge < -0.3 is 45.0 Å². The van der Waals surface area contributed by atoms with Crippen molar-refractivity contribution in [2.75, 3.05) is 76.9 Å². The number of nitrogen functional groups attached to an aromatic ring is 1. The smallest absolute Gasteiger partial charge is 0.298 e. The summed E-state index contributed by atoms with van der Waals surface area (Å²) >= 11 is 3.51. The normalized spacial score (nSPS) is 15.0. The second-order valence-corrected chi connectivity index (χ2v) is 15.6. The molecule has 2 aliphatic heterocycles. The summed E-state index contributed by atoms with van der Waals surface area (Å²) in [6.45, 7) is 6.24. The van der Waals surface area contributed by atoms with Gasteiger partial charge in [0.05, 0.1) is 62.3 Å². The fourth-order valence-electron chi connectivity index (χ4n) is 7.63. The van der Waals surface area contributed by atoms with E-state index in [2.05, 4.69) is 41.4 Å². The fourth-order valence-corrected chi connectivity index (χ4v) is 7.99. The first kappa shape index (κ1) is 42.5. The number of halogens is 1. The summed E-state index contributed by atoms with van der Waals surface area (Å²) in [7, 11) is 0. The van der Waals surface area contributed by atoms with Crippen molar-refractivity contribution in [3.05, 3.63) is 119 Å². The molecule has 0 spiro atoms. The van der Waals surface area contributed by atoms with Crippen molar-refractivity contribution in [3.63, 3.8) is 0 Å². The molecule has 6 aromatic rings. The van der Waals surface area contributed by atoms with E-state index in [4.69, 9.17) is 34.5 Å². The Morgan fingerprint density at radius 2 is 1.56 bits per heavy atom. The van der Waals surface area contributed by atoms with Crippen molar-refractivity contribution in [1.82, 2.24) is 30.0 Å². The first-order valence-corrected chi connectivity index (χ1v) is 21.3. The summed E-state index contributed by atoms with van der Waals surface area (Å²) in [4.78, 5) is 35.5. The number of hydrogen-bond donors (Lipinski definition) is 3. The zero-order chi connectivity index (χ0) is 42.7. The Balaban J connectivity index is 0.739. The predicted octanol–water partition coefficient (Wildman–Crippen LogP) is 6.96. The highest BCUT2D eigenvalue weighted by Crippen LogP contribution is 2.39. The highest BCUT2D eigenvalue weighted by atomic mass is 79.9. The van der Waals surface area contributed by atoms with E-state index in [1.165, 1.54) is 6.33 Å². The number of ether oxygens (including phenoxy) is 5. The third-order valence-electron chi connectivity index (χ3n) is 10.7. The molecule has 0 saturated carbocycles. The minimum absolute atomic E-state index is 0.180. The van der Waals surface area contributed by atoms with Gasteiger partial charge in [0, 0.05) is 53.0 Å². The molecule has 2 aliphatic rings. The van der Waals surface area contributed by atoms with Gasteiger partial charge in [-0.25, -0.2) is 14.6 Å². The van der Waals surface area contributed by atoms with Crippen molar-refractivity contribution >= 4 is 62.1 Å². The van der Waals surface area contributed by atoms with Gasteiger partial charge in [-0.3, -0.25) is 9.59 Å². The van der Waals surface area contributed by atoms with Crippen molar-refractivity contribution in [2.24, 2.45) is 0 Å². The van der Waals surface area contributed by atoms with Gasteiger partial charge in [-0.15, -0.1) is 0 Å². The highest BCUT2D eigenvalue weighted by molar-refractivity contribution is 9.10. The molecule has 320 valence electrons. The van der Waals surface area contributed by atoms with Crippen LogP contribution in [0.3, 0.4) is 0 Å². The maximum atomic E-state index is 13.2. The zero-order valence-electron chi connectivity index (χ0n) is 34.0. The van der Waals surface area contributed by atoms with Crippen LogP contribution in [-0.2, 0) is 23.8 Å². The summed E-state index contributed by atoms with van der Waals surface area (Å²) < 4.78 is 31.4. The Bertz CT molecular complexity index is 2510. The van der Waals surface area contributed by atoms with E-state index in [1.54, 1.807) is 18.2 Å². The van der Waals surface area contributed by atoms with Gasteiger partial charge >= 0.3 is 0 Å². The number of benzene rings is 4. The van der Waals surface area contributed by atoms with E-state index >= 15 is 0 Å². The number of nitrogens with one attached hydrogen (secondary N) is 2. The van der Waals surface area contributed by atoms with E-state index < -0.39 is 0 Å². The first-order valence-electron chi connectivity index (χ1n) is 20.5. The summed E-state index contributed by atoms with van der Waals surface area (Å²) in [5.41, 5.74) is 12.1. The molecular weight excluding hydrogens is 856 g/mol. The number of carbonyl (C=O) groups is 2. The number of aromatic nitrogens is 4. The average Bonchev–Trinajstić information content (AvgIpc) is 3.84. The quantitative estimate of drug-likeness (QED) is 0.0408. The lowest BCUT2D eigenvalue weighted by Crippen LogP contribution is -2.37. The maximum Gasteiger partial charge on any atom is 0.298 e. The second kappa shape index (κ2) is 20.6. The van der Waals surface area contributed by atoms with Gasteiger partial charge in [0.2, 0.25) is 0 Å². The van der Waals surface area contributed by atoms with Crippen LogP contribution in [0.15, 0.2) is 108 Å². The van der Waals surface area contributed by atoms with Crippen LogP contribution >= 0.6 is 15.9 Å². The van der Waals surface area contributed by atoms with Crippen LogP contribution < -0.4 is 25.8 Å². The molecule has 2 aromatic heterocycles. The molecule has 4 heterocycles.